The lowest BCUT2D eigenvalue weighted by molar-refractivity contribution is -0.139. The van der Waals surface area contributed by atoms with Crippen LogP contribution in [0.5, 0.6) is 5.75 Å². The number of para-hydroxylation sites is 1. The Kier molecular flexibility index (Phi) is 8.40. The van der Waals surface area contributed by atoms with Crippen molar-refractivity contribution >= 4 is 23.6 Å². The molecule has 4 rings (SSSR count). The van der Waals surface area contributed by atoms with E-state index in [1.54, 1.807) is 31.4 Å². The third-order valence-corrected chi connectivity index (χ3v) is 6.52. The maximum atomic E-state index is 13.6. The minimum Gasteiger partial charge on any atom is -0.496 e. The van der Waals surface area contributed by atoms with Gasteiger partial charge in [0, 0.05) is 11.3 Å². The molecule has 1 heterocycles. The number of nitrogens with zero attached hydrogens (tertiary/aromatic N) is 1. The van der Waals surface area contributed by atoms with Crippen molar-refractivity contribution in [2.45, 2.75) is 31.3 Å². The number of amides is 3. The van der Waals surface area contributed by atoms with Crippen LogP contribution in [0.1, 0.15) is 41.6 Å². The van der Waals surface area contributed by atoms with Crippen LogP contribution < -0.4 is 15.4 Å². The molecule has 1 saturated heterocycles. The van der Waals surface area contributed by atoms with Crippen molar-refractivity contribution in [3.63, 3.8) is 0 Å². The second-order valence-corrected chi connectivity index (χ2v) is 8.82. The first kappa shape index (κ1) is 25.8. The van der Waals surface area contributed by atoms with Gasteiger partial charge in [0.25, 0.3) is 0 Å². The highest BCUT2D eigenvalue weighted by atomic mass is 16.5. The van der Waals surface area contributed by atoms with E-state index in [9.17, 15) is 14.4 Å². The van der Waals surface area contributed by atoms with Crippen LogP contribution in [-0.4, -0.2) is 43.6 Å². The third-order valence-electron chi connectivity index (χ3n) is 6.52. The van der Waals surface area contributed by atoms with Crippen molar-refractivity contribution in [2.24, 2.45) is 0 Å². The van der Waals surface area contributed by atoms with E-state index in [4.69, 9.17) is 9.47 Å². The van der Waals surface area contributed by atoms with Crippen LogP contribution in [0, 0.1) is 0 Å². The summed E-state index contributed by atoms with van der Waals surface area (Å²) in [5.74, 6) is 0.184. The summed E-state index contributed by atoms with van der Waals surface area (Å²) in [5, 5.41) is 5.42. The number of carbonyl (C=O) groups excluding carboxylic acids is 3. The topological polar surface area (TPSA) is 97.0 Å². The molecule has 0 bridgehead atoms. The monoisotopic (exact) mass is 501 g/mol. The van der Waals surface area contributed by atoms with Gasteiger partial charge in [0.1, 0.15) is 5.75 Å². The van der Waals surface area contributed by atoms with Gasteiger partial charge in [0.05, 0.1) is 39.3 Å². The summed E-state index contributed by atoms with van der Waals surface area (Å²) in [7, 11) is 2.96. The summed E-state index contributed by atoms with van der Waals surface area (Å²) in [6.45, 7) is -0.164. The zero-order chi connectivity index (χ0) is 26.2. The van der Waals surface area contributed by atoms with Gasteiger partial charge in [-0.1, -0.05) is 60.7 Å². The van der Waals surface area contributed by atoms with E-state index < -0.39 is 6.03 Å². The highest BCUT2D eigenvalue weighted by molar-refractivity contribution is 5.92. The molecule has 3 amide bonds. The fourth-order valence-corrected chi connectivity index (χ4v) is 4.83. The maximum Gasteiger partial charge on any atom is 0.319 e. The Morgan fingerprint density at radius 1 is 0.892 bits per heavy atom. The summed E-state index contributed by atoms with van der Waals surface area (Å²) in [6.07, 6.45) is 1.69. The van der Waals surface area contributed by atoms with Gasteiger partial charge in [-0.15, -0.1) is 0 Å². The van der Waals surface area contributed by atoms with Gasteiger partial charge in [-0.3, -0.25) is 9.59 Å². The Morgan fingerprint density at radius 2 is 1.62 bits per heavy atom. The molecule has 192 valence electrons. The number of nitrogens with one attached hydrogen (secondary N) is 2. The fourth-order valence-electron chi connectivity index (χ4n) is 4.83. The van der Waals surface area contributed by atoms with Crippen LogP contribution >= 0.6 is 0 Å². The van der Waals surface area contributed by atoms with Crippen molar-refractivity contribution in [3.8, 4) is 5.75 Å². The SMILES string of the molecule is COC(=O)Cc1cccc(NC(=O)NCC(=O)N2[C@@H](c3ccccc3OC)CC[C@H]2c2ccccc2)c1. The van der Waals surface area contributed by atoms with Gasteiger partial charge in [0.2, 0.25) is 5.91 Å². The second kappa shape index (κ2) is 12.1. The first-order chi connectivity index (χ1) is 18.0. The molecule has 0 radical (unpaired) electrons. The molecule has 3 aromatic rings. The first-order valence-corrected chi connectivity index (χ1v) is 12.2. The van der Waals surface area contributed by atoms with Crippen LogP contribution in [-0.2, 0) is 20.7 Å². The number of hydrogen-bond donors (Lipinski definition) is 2. The number of esters is 1. The number of benzene rings is 3. The quantitative estimate of drug-likeness (QED) is 0.439. The molecule has 1 fully saturated rings. The molecule has 37 heavy (non-hydrogen) atoms. The Bertz CT molecular complexity index is 1250. The number of hydrogen-bond acceptors (Lipinski definition) is 5. The first-order valence-electron chi connectivity index (χ1n) is 12.2. The van der Waals surface area contributed by atoms with Gasteiger partial charge in [-0.2, -0.15) is 0 Å². The van der Waals surface area contributed by atoms with E-state index in [1.807, 2.05) is 59.5 Å². The van der Waals surface area contributed by atoms with Crippen molar-refractivity contribution < 1.29 is 23.9 Å². The molecule has 1 aliphatic rings. The largest absolute Gasteiger partial charge is 0.496 e. The molecule has 1 aliphatic heterocycles. The normalized spacial score (nSPS) is 16.6. The molecular formula is C29H31N3O5. The van der Waals surface area contributed by atoms with E-state index >= 15 is 0 Å². The van der Waals surface area contributed by atoms with E-state index in [1.165, 1.54) is 7.11 Å². The molecule has 0 aromatic heterocycles. The second-order valence-electron chi connectivity index (χ2n) is 8.82. The molecule has 0 saturated carbocycles. The van der Waals surface area contributed by atoms with E-state index in [0.717, 1.165) is 29.7 Å². The highest BCUT2D eigenvalue weighted by Gasteiger charge is 2.39. The zero-order valence-electron chi connectivity index (χ0n) is 21.0. The van der Waals surface area contributed by atoms with Crippen molar-refractivity contribution in [1.29, 1.82) is 0 Å². The number of carbonyl (C=O) groups is 3. The number of methoxy groups -OCH3 is 2. The Morgan fingerprint density at radius 3 is 2.38 bits per heavy atom. The Hall–Kier alpha value is -4.33. The standard InChI is InChI=1S/C29H31N3O5/c1-36-26-14-7-6-13-23(26)25-16-15-24(21-10-4-3-5-11-21)32(25)27(33)19-30-29(35)31-22-12-8-9-20(17-22)18-28(34)37-2/h3-14,17,24-25H,15-16,18-19H2,1-2H3,(H2,30,31,35)/t24-,25+/m0/s1. The average molecular weight is 502 g/mol. The minimum absolute atomic E-state index is 0.103. The molecule has 8 nitrogen and oxygen atoms in total. The molecule has 3 aromatic carbocycles. The lowest BCUT2D eigenvalue weighted by atomic mass is 10.0. The Balaban J connectivity index is 1.47. The van der Waals surface area contributed by atoms with Crippen molar-refractivity contribution in [3.05, 3.63) is 95.6 Å². The van der Waals surface area contributed by atoms with Crippen LogP contribution in [0.3, 0.4) is 0 Å². The molecule has 2 atom stereocenters. The van der Waals surface area contributed by atoms with Crippen LogP contribution in [0.15, 0.2) is 78.9 Å². The predicted octanol–water partition coefficient (Wildman–Crippen LogP) is 4.64. The van der Waals surface area contributed by atoms with E-state index in [0.29, 0.717) is 11.3 Å². The number of ether oxygens (including phenoxy) is 2. The zero-order valence-corrected chi connectivity index (χ0v) is 21.0. The van der Waals surface area contributed by atoms with Crippen LogP contribution in [0.25, 0.3) is 0 Å². The average Bonchev–Trinajstić information content (AvgIpc) is 3.37. The molecule has 0 unspecified atom stereocenters. The number of anilines is 1. The summed E-state index contributed by atoms with van der Waals surface area (Å²) in [5.41, 5.74) is 3.23. The minimum atomic E-state index is -0.507. The summed E-state index contributed by atoms with van der Waals surface area (Å²) in [6, 6.07) is 23.8. The molecule has 2 N–H and O–H groups in total. The molecule has 0 aliphatic carbocycles. The molecular weight excluding hydrogens is 470 g/mol. The van der Waals surface area contributed by atoms with Crippen molar-refractivity contribution in [2.75, 3.05) is 26.1 Å². The predicted molar refractivity (Wildman–Crippen MR) is 140 cm³/mol. The number of rotatable bonds is 8. The summed E-state index contributed by atoms with van der Waals surface area (Å²) >= 11 is 0. The van der Waals surface area contributed by atoms with Gasteiger partial charge in [-0.05, 0) is 42.2 Å². The smallest absolute Gasteiger partial charge is 0.319 e. The summed E-state index contributed by atoms with van der Waals surface area (Å²) < 4.78 is 10.3. The van der Waals surface area contributed by atoms with E-state index in [2.05, 4.69) is 10.6 Å². The number of likely N-dealkylation sites (tertiary alicyclic amines) is 1. The van der Waals surface area contributed by atoms with Gasteiger partial charge >= 0.3 is 12.0 Å². The van der Waals surface area contributed by atoms with Gasteiger partial charge in [-0.25, -0.2) is 4.79 Å². The third kappa shape index (κ3) is 6.27. The highest BCUT2D eigenvalue weighted by Crippen LogP contribution is 2.46. The van der Waals surface area contributed by atoms with Crippen LogP contribution in [0.4, 0.5) is 10.5 Å². The molecule has 8 heteroatoms. The molecule has 0 spiro atoms. The van der Waals surface area contributed by atoms with E-state index in [-0.39, 0.29) is 36.9 Å². The number of urea groups is 1. The van der Waals surface area contributed by atoms with Crippen molar-refractivity contribution in [1.82, 2.24) is 10.2 Å². The maximum absolute atomic E-state index is 13.6. The lowest BCUT2D eigenvalue weighted by Crippen LogP contribution is -2.42. The van der Waals surface area contributed by atoms with Gasteiger partial charge in [0.15, 0.2) is 0 Å². The van der Waals surface area contributed by atoms with Gasteiger partial charge < -0.3 is 25.0 Å². The van der Waals surface area contributed by atoms with Crippen LogP contribution in [0.2, 0.25) is 0 Å². The fraction of sp³-hybridized carbons (Fsp3) is 0.276. The lowest BCUT2D eigenvalue weighted by Gasteiger charge is -2.32. The summed E-state index contributed by atoms with van der Waals surface area (Å²) in [4.78, 5) is 39.6. The Labute approximate surface area is 216 Å².